The van der Waals surface area contributed by atoms with Gasteiger partial charge in [0, 0.05) is 62.6 Å². The maximum atomic E-state index is 14.0. The number of carbonyl (C=O) groups excluding carboxylic acids is 2. The zero-order valence-electron chi connectivity index (χ0n) is 35.2. The first-order valence-electron chi connectivity index (χ1n) is 21.5. The normalized spacial score (nSPS) is 16.7. The van der Waals surface area contributed by atoms with Crippen LogP contribution >= 0.6 is 0 Å². The molecule has 318 valence electrons. The average molecular weight is 836 g/mol. The number of halogens is 3. The van der Waals surface area contributed by atoms with Gasteiger partial charge in [0.05, 0.1) is 18.4 Å². The molecule has 8 aromatic rings. The summed E-state index contributed by atoms with van der Waals surface area (Å²) in [5, 5.41) is 3.56. The van der Waals surface area contributed by atoms with Crippen LogP contribution in [-0.4, -0.2) is 75.6 Å². The van der Waals surface area contributed by atoms with E-state index >= 15 is 0 Å². The van der Waals surface area contributed by atoms with Gasteiger partial charge in [0.2, 0.25) is 0 Å². The van der Waals surface area contributed by atoms with Crippen molar-refractivity contribution in [2.75, 3.05) is 27.2 Å². The van der Waals surface area contributed by atoms with Gasteiger partial charge >= 0.3 is 0 Å². The molecule has 0 spiro atoms. The summed E-state index contributed by atoms with van der Waals surface area (Å²) in [6.45, 7) is 2.21. The molecule has 2 unspecified atom stereocenters. The highest BCUT2D eigenvalue weighted by Gasteiger charge is 2.27. The van der Waals surface area contributed by atoms with Crippen molar-refractivity contribution in [1.29, 1.82) is 0 Å². The molecule has 3 N–H and O–H groups in total. The van der Waals surface area contributed by atoms with E-state index in [1.807, 2.05) is 60.8 Å². The maximum absolute atomic E-state index is 14.0. The number of likely N-dealkylation sites (N-methyl/N-ethyl adjacent to an activating group) is 2. The minimum atomic E-state index is -1.07. The first kappa shape index (κ1) is 42.5. The maximum Gasteiger partial charge on any atom is 0.171 e. The molecule has 2 aliphatic rings. The van der Waals surface area contributed by atoms with Gasteiger partial charge in [0.15, 0.2) is 23.2 Å². The van der Waals surface area contributed by atoms with Crippen LogP contribution < -0.4 is 0 Å². The molecule has 2 atom stereocenters. The average Bonchev–Trinajstić information content (AvgIpc) is 4.13. The van der Waals surface area contributed by atoms with Gasteiger partial charge in [0.25, 0.3) is 0 Å². The van der Waals surface area contributed by atoms with Gasteiger partial charge in [0.1, 0.15) is 5.82 Å². The third-order valence-corrected chi connectivity index (χ3v) is 12.6. The molecule has 7 nitrogen and oxygen atoms in total. The molecule has 2 fully saturated rings. The van der Waals surface area contributed by atoms with Gasteiger partial charge in [-0.15, -0.1) is 0 Å². The number of carbonyl (C=O) groups is 2. The molecule has 10 heteroatoms. The van der Waals surface area contributed by atoms with Crippen molar-refractivity contribution in [2.24, 2.45) is 0 Å². The number of nitrogens with one attached hydrogen (secondary N) is 3. The fraction of sp³-hybridized carbons (Fsp3) is 0.269. The number of hydrogen-bond donors (Lipinski definition) is 3. The molecular weight excluding hydrogens is 784 g/mol. The fourth-order valence-corrected chi connectivity index (χ4v) is 9.12. The predicted octanol–water partition coefficient (Wildman–Crippen LogP) is 11.0. The van der Waals surface area contributed by atoms with Crippen molar-refractivity contribution < 1.29 is 22.8 Å². The Labute approximate surface area is 360 Å². The van der Waals surface area contributed by atoms with E-state index in [-0.39, 0.29) is 30.0 Å². The number of H-pyrrole nitrogens is 3. The quantitative estimate of drug-likeness (QED) is 0.120. The second kappa shape index (κ2) is 19.2. The van der Waals surface area contributed by atoms with Crippen LogP contribution in [0.2, 0.25) is 0 Å². The Hall–Kier alpha value is -6.23. The van der Waals surface area contributed by atoms with Crippen molar-refractivity contribution in [3.05, 3.63) is 179 Å². The minimum Gasteiger partial charge on any atom is -0.361 e. The third-order valence-electron chi connectivity index (χ3n) is 12.6. The Morgan fingerprint density at radius 1 is 0.613 bits per heavy atom. The van der Waals surface area contributed by atoms with Gasteiger partial charge in [-0.3, -0.25) is 9.59 Å². The number of likely N-dealkylation sites (tertiary alicyclic amines) is 2. The summed E-state index contributed by atoms with van der Waals surface area (Å²) < 4.78 is 41.0. The van der Waals surface area contributed by atoms with E-state index in [1.165, 1.54) is 65.4 Å². The summed E-state index contributed by atoms with van der Waals surface area (Å²) >= 11 is 0. The van der Waals surface area contributed by atoms with E-state index in [9.17, 15) is 22.8 Å². The third kappa shape index (κ3) is 9.62. The van der Waals surface area contributed by atoms with Crippen LogP contribution in [0.5, 0.6) is 0 Å². The Bertz CT molecular complexity index is 2790. The lowest BCUT2D eigenvalue weighted by Gasteiger charge is -2.19. The van der Waals surface area contributed by atoms with Crippen LogP contribution in [0.3, 0.4) is 0 Å². The van der Waals surface area contributed by atoms with Crippen LogP contribution in [-0.2, 0) is 25.7 Å². The lowest BCUT2D eigenvalue weighted by atomic mass is 9.97. The minimum absolute atomic E-state index is 0.0286. The van der Waals surface area contributed by atoms with E-state index in [0.29, 0.717) is 17.6 Å². The molecule has 5 aromatic carbocycles. The number of nitrogens with zero attached hydrogens (tertiary/aromatic N) is 2. The molecule has 62 heavy (non-hydrogen) atoms. The summed E-state index contributed by atoms with van der Waals surface area (Å²) in [6.07, 6.45) is 8.74. The number of para-hydroxylation sites is 3. The first-order chi connectivity index (χ1) is 30.1. The summed E-state index contributed by atoms with van der Waals surface area (Å²) in [5.41, 5.74) is 7.55. The smallest absolute Gasteiger partial charge is 0.171 e. The van der Waals surface area contributed by atoms with E-state index < -0.39 is 17.4 Å². The van der Waals surface area contributed by atoms with Crippen molar-refractivity contribution in [3.8, 4) is 0 Å². The lowest BCUT2D eigenvalue weighted by Crippen LogP contribution is -2.27. The molecule has 10 rings (SSSR count). The highest BCUT2D eigenvalue weighted by atomic mass is 19.2. The molecule has 0 bridgehead atoms. The number of Topliss-reactive ketones (excluding diaryl/α,β-unsaturated/α-hetero) is 2. The summed E-state index contributed by atoms with van der Waals surface area (Å²) in [7, 11) is 4.30. The predicted molar refractivity (Wildman–Crippen MR) is 242 cm³/mol. The largest absolute Gasteiger partial charge is 0.361 e. The molecule has 0 saturated carbocycles. The molecule has 3 aromatic heterocycles. The Kier molecular flexibility index (Phi) is 13.2. The summed E-state index contributed by atoms with van der Waals surface area (Å²) in [6, 6.07) is 37.1. The van der Waals surface area contributed by atoms with E-state index in [0.717, 1.165) is 71.8 Å². The van der Waals surface area contributed by atoms with Crippen molar-refractivity contribution in [2.45, 2.75) is 63.5 Å². The molecule has 0 aliphatic carbocycles. The lowest BCUT2D eigenvalue weighted by molar-refractivity contribution is 0.0980. The number of rotatable bonds is 10. The van der Waals surface area contributed by atoms with Crippen molar-refractivity contribution in [3.63, 3.8) is 0 Å². The van der Waals surface area contributed by atoms with Crippen LogP contribution in [0.25, 0.3) is 32.7 Å². The Morgan fingerprint density at radius 2 is 1.16 bits per heavy atom. The van der Waals surface area contributed by atoms with E-state index in [2.05, 4.69) is 63.1 Å². The number of aromatic nitrogens is 3. The van der Waals surface area contributed by atoms with Crippen molar-refractivity contribution in [1.82, 2.24) is 24.8 Å². The van der Waals surface area contributed by atoms with Crippen LogP contribution in [0.4, 0.5) is 13.2 Å². The topological polar surface area (TPSA) is 88.0 Å². The van der Waals surface area contributed by atoms with E-state index in [4.69, 9.17) is 0 Å². The molecule has 2 aliphatic heterocycles. The monoisotopic (exact) mass is 835 g/mol. The van der Waals surface area contributed by atoms with Crippen molar-refractivity contribution >= 4 is 44.3 Å². The van der Waals surface area contributed by atoms with Gasteiger partial charge in [-0.1, -0.05) is 72.8 Å². The second-order valence-electron chi connectivity index (χ2n) is 16.6. The SMILES string of the molecule is CN1CCCC1Cc1c(CC(=O)c2cccc(F)c2)[nH]c2ccccc12.CN1CCCC1Cc1c(CC(=O)c2cccc(F)c2F)[nH]c2ccccc12.c1ccc2[nH]ccc2c1. The zero-order valence-corrected chi connectivity index (χ0v) is 35.2. The number of fused-ring (bicyclic) bond motifs is 3. The summed E-state index contributed by atoms with van der Waals surface area (Å²) in [4.78, 5) is 40.0. The van der Waals surface area contributed by atoms with Crippen LogP contribution in [0.1, 0.15) is 68.9 Å². The Balaban J connectivity index is 0.000000142. The molecule has 0 amide bonds. The number of aromatic amines is 3. The molecule has 5 heterocycles. The second-order valence-corrected chi connectivity index (χ2v) is 16.6. The van der Waals surface area contributed by atoms with Gasteiger partial charge in [-0.2, -0.15) is 0 Å². The standard InChI is InChI=1S/C22H22F2N2O.C22H23FN2O.C8H7N/c1-26-11-5-6-14(26)12-17-15-7-2-3-10-19(15)25-20(17)13-21(27)16-8-4-9-18(23)22(16)24;1-25-11-5-8-17(25)13-19-18-9-2-3-10-20(18)24-21(19)14-22(26)15-6-4-7-16(23)12-15;1-2-4-8-7(3-1)5-6-9-8/h2-4,7-10,14,25H,5-6,11-13H2,1H3;2-4,6-7,9-10,12,17,24H,5,8,11,13-14H2,1H3;1-6,9H. The number of benzene rings is 5. The molecule has 2 saturated heterocycles. The Morgan fingerprint density at radius 3 is 1.73 bits per heavy atom. The van der Waals surface area contributed by atoms with Gasteiger partial charge in [-0.25, -0.2) is 13.2 Å². The van der Waals surface area contributed by atoms with Gasteiger partial charge < -0.3 is 24.8 Å². The summed E-state index contributed by atoms with van der Waals surface area (Å²) in [5.74, 6) is -2.92. The number of hydrogen-bond acceptors (Lipinski definition) is 4. The zero-order chi connectivity index (χ0) is 43.2. The van der Waals surface area contributed by atoms with Crippen LogP contribution in [0, 0.1) is 17.5 Å². The molecule has 0 radical (unpaired) electrons. The van der Waals surface area contributed by atoms with Gasteiger partial charge in [-0.05, 0) is 131 Å². The van der Waals surface area contributed by atoms with E-state index in [1.54, 1.807) is 12.1 Å². The first-order valence-corrected chi connectivity index (χ1v) is 21.5. The van der Waals surface area contributed by atoms with Crippen LogP contribution in [0.15, 0.2) is 128 Å². The fourth-order valence-electron chi connectivity index (χ4n) is 9.12. The highest BCUT2D eigenvalue weighted by molar-refractivity contribution is 5.99. The number of ketones is 2. The highest BCUT2D eigenvalue weighted by Crippen LogP contribution is 2.30. The molecular formula is C52H52F3N5O2.